The Labute approximate surface area is 108 Å². The molecule has 1 rings (SSSR count). The van der Waals surface area contributed by atoms with E-state index < -0.39 is 23.5 Å². The maximum Gasteiger partial charge on any atom is 0.315 e. The minimum Gasteiger partial charge on any atom is -0.459 e. The number of ether oxygens (including phenoxy) is 1. The van der Waals surface area contributed by atoms with Crippen LogP contribution in [0, 0.1) is 0 Å². The number of hydrogen-bond donors (Lipinski definition) is 2. The minimum atomic E-state index is -0.665. The van der Waals surface area contributed by atoms with Gasteiger partial charge in [-0.2, -0.15) is 0 Å². The second-order valence-electron chi connectivity index (χ2n) is 5.27. The molecule has 0 aliphatic rings. The summed E-state index contributed by atoms with van der Waals surface area (Å²) in [6, 6.07) is 8.48. The van der Waals surface area contributed by atoms with Gasteiger partial charge in [0.15, 0.2) is 0 Å². The average molecular weight is 251 g/mol. The molecule has 0 heterocycles. The van der Waals surface area contributed by atoms with Crippen molar-refractivity contribution in [3.63, 3.8) is 0 Å². The van der Waals surface area contributed by atoms with Crippen LogP contribution >= 0.6 is 0 Å². The number of carbonyl (C=O) groups excluding carboxylic acids is 1. The largest absolute Gasteiger partial charge is 0.459 e. The van der Waals surface area contributed by atoms with Gasteiger partial charge in [0, 0.05) is 6.04 Å². The Balaban J connectivity index is 2.96. The smallest absolute Gasteiger partial charge is 0.315 e. The van der Waals surface area contributed by atoms with Gasteiger partial charge in [-0.05, 0) is 26.3 Å². The number of aliphatic hydroxyl groups excluding tert-OH is 1. The first-order valence-corrected chi connectivity index (χ1v) is 5.99. The van der Waals surface area contributed by atoms with Gasteiger partial charge < -0.3 is 15.6 Å². The van der Waals surface area contributed by atoms with Gasteiger partial charge >= 0.3 is 5.97 Å². The lowest BCUT2D eigenvalue weighted by Gasteiger charge is -2.26. The van der Waals surface area contributed by atoms with Crippen LogP contribution in [0.1, 0.15) is 32.3 Å². The number of esters is 1. The molecule has 100 valence electrons. The number of benzene rings is 1. The Morgan fingerprint density at radius 2 is 1.89 bits per heavy atom. The highest BCUT2D eigenvalue weighted by atomic mass is 16.6. The molecule has 4 nitrogen and oxygen atoms in total. The van der Waals surface area contributed by atoms with Gasteiger partial charge in [0.2, 0.25) is 0 Å². The van der Waals surface area contributed by atoms with Crippen molar-refractivity contribution in [3.8, 4) is 0 Å². The van der Waals surface area contributed by atoms with Crippen LogP contribution < -0.4 is 5.73 Å². The number of hydrogen-bond acceptors (Lipinski definition) is 4. The lowest BCUT2D eigenvalue weighted by molar-refractivity contribution is -0.157. The van der Waals surface area contributed by atoms with Crippen LogP contribution in [0.4, 0.5) is 0 Å². The Morgan fingerprint density at radius 1 is 1.33 bits per heavy atom. The van der Waals surface area contributed by atoms with Gasteiger partial charge in [0.05, 0.1) is 12.5 Å². The SMILES string of the molecule is CC(C)(C)OC(=O)C(c1ccccc1)C(N)CO. The zero-order valence-electron chi connectivity index (χ0n) is 11.1. The van der Waals surface area contributed by atoms with E-state index in [1.807, 2.05) is 30.3 Å². The van der Waals surface area contributed by atoms with Crippen LogP contribution in [0.3, 0.4) is 0 Å². The first-order valence-electron chi connectivity index (χ1n) is 5.99. The average Bonchev–Trinajstić information content (AvgIpc) is 2.28. The van der Waals surface area contributed by atoms with E-state index >= 15 is 0 Å². The third-order valence-electron chi connectivity index (χ3n) is 2.46. The third kappa shape index (κ3) is 4.13. The summed E-state index contributed by atoms with van der Waals surface area (Å²) < 4.78 is 5.35. The van der Waals surface area contributed by atoms with E-state index in [0.717, 1.165) is 5.56 Å². The molecule has 0 spiro atoms. The fourth-order valence-electron chi connectivity index (χ4n) is 1.69. The summed E-state index contributed by atoms with van der Waals surface area (Å²) in [7, 11) is 0. The summed E-state index contributed by atoms with van der Waals surface area (Å²) in [5, 5.41) is 9.18. The lowest BCUT2D eigenvalue weighted by Crippen LogP contribution is -2.40. The van der Waals surface area contributed by atoms with Crippen molar-refractivity contribution >= 4 is 5.97 Å². The van der Waals surface area contributed by atoms with Gasteiger partial charge in [-0.15, -0.1) is 0 Å². The standard InChI is InChI=1S/C14H21NO3/c1-14(2,3)18-13(17)12(11(15)9-16)10-7-5-4-6-8-10/h4-8,11-12,16H,9,15H2,1-3H3. The molecular formula is C14H21NO3. The predicted octanol–water partition coefficient (Wildman–Crippen LogP) is 1.43. The second-order valence-corrected chi connectivity index (χ2v) is 5.27. The van der Waals surface area contributed by atoms with Crippen molar-refractivity contribution in [2.45, 2.75) is 38.3 Å². The summed E-state index contributed by atoms with van der Waals surface area (Å²) in [5.41, 5.74) is 6.01. The van der Waals surface area contributed by atoms with Crippen molar-refractivity contribution in [2.75, 3.05) is 6.61 Å². The van der Waals surface area contributed by atoms with Gasteiger partial charge in [-0.1, -0.05) is 30.3 Å². The molecule has 0 amide bonds. The first kappa shape index (κ1) is 14.7. The monoisotopic (exact) mass is 251 g/mol. The molecule has 0 saturated carbocycles. The Morgan fingerprint density at radius 3 is 2.33 bits per heavy atom. The van der Waals surface area contributed by atoms with E-state index in [1.165, 1.54) is 0 Å². The summed E-state index contributed by atoms with van der Waals surface area (Å²) in [4.78, 5) is 12.1. The molecule has 1 aromatic carbocycles. The van der Waals surface area contributed by atoms with Gasteiger partial charge in [0.1, 0.15) is 5.60 Å². The number of carbonyl (C=O) groups is 1. The molecule has 1 aromatic rings. The molecular weight excluding hydrogens is 230 g/mol. The van der Waals surface area contributed by atoms with E-state index in [1.54, 1.807) is 20.8 Å². The molecule has 0 bridgehead atoms. The predicted molar refractivity (Wildman–Crippen MR) is 70.1 cm³/mol. The number of rotatable bonds is 4. The van der Waals surface area contributed by atoms with Crippen LogP contribution in [0.15, 0.2) is 30.3 Å². The molecule has 0 fully saturated rings. The van der Waals surface area contributed by atoms with E-state index in [-0.39, 0.29) is 6.61 Å². The van der Waals surface area contributed by atoms with Gasteiger partial charge in [0.25, 0.3) is 0 Å². The second kappa shape index (κ2) is 5.98. The fourth-order valence-corrected chi connectivity index (χ4v) is 1.69. The summed E-state index contributed by atoms with van der Waals surface area (Å²) in [6.45, 7) is 5.14. The highest BCUT2D eigenvalue weighted by Gasteiger charge is 2.31. The van der Waals surface area contributed by atoms with Gasteiger partial charge in [-0.25, -0.2) is 0 Å². The van der Waals surface area contributed by atoms with Crippen molar-refractivity contribution < 1.29 is 14.6 Å². The highest BCUT2D eigenvalue weighted by Crippen LogP contribution is 2.23. The molecule has 0 aliphatic carbocycles. The van der Waals surface area contributed by atoms with Crippen molar-refractivity contribution in [2.24, 2.45) is 5.73 Å². The topological polar surface area (TPSA) is 72.5 Å². The maximum atomic E-state index is 12.1. The molecule has 18 heavy (non-hydrogen) atoms. The lowest BCUT2D eigenvalue weighted by atomic mass is 9.92. The molecule has 0 aromatic heterocycles. The Kier molecular flexibility index (Phi) is 4.87. The van der Waals surface area contributed by atoms with Crippen molar-refractivity contribution in [1.82, 2.24) is 0 Å². The molecule has 4 heteroatoms. The van der Waals surface area contributed by atoms with Crippen LogP contribution in [-0.2, 0) is 9.53 Å². The first-order chi connectivity index (χ1) is 8.35. The minimum absolute atomic E-state index is 0.265. The fraction of sp³-hybridized carbons (Fsp3) is 0.500. The van der Waals surface area contributed by atoms with Crippen LogP contribution in [0.25, 0.3) is 0 Å². The molecule has 0 radical (unpaired) electrons. The quantitative estimate of drug-likeness (QED) is 0.794. The summed E-state index contributed by atoms with van der Waals surface area (Å²) in [5.74, 6) is -1.05. The zero-order chi connectivity index (χ0) is 13.8. The molecule has 3 N–H and O–H groups in total. The normalized spacial score (nSPS) is 14.9. The van der Waals surface area contributed by atoms with E-state index in [9.17, 15) is 9.90 Å². The van der Waals surface area contributed by atoms with Crippen LogP contribution in [0.2, 0.25) is 0 Å². The van der Waals surface area contributed by atoms with Crippen molar-refractivity contribution in [3.05, 3.63) is 35.9 Å². The maximum absolute atomic E-state index is 12.1. The molecule has 2 atom stereocenters. The van der Waals surface area contributed by atoms with Crippen LogP contribution in [0.5, 0.6) is 0 Å². The summed E-state index contributed by atoms with van der Waals surface area (Å²) in [6.07, 6.45) is 0. The highest BCUT2D eigenvalue weighted by molar-refractivity contribution is 5.79. The Hall–Kier alpha value is -1.39. The third-order valence-corrected chi connectivity index (χ3v) is 2.46. The Bertz CT molecular complexity index is 384. The summed E-state index contributed by atoms with van der Waals surface area (Å²) >= 11 is 0. The number of nitrogens with two attached hydrogens (primary N) is 1. The molecule has 0 saturated heterocycles. The zero-order valence-corrected chi connectivity index (χ0v) is 11.1. The van der Waals surface area contributed by atoms with E-state index in [0.29, 0.717) is 0 Å². The molecule has 0 aliphatic heterocycles. The van der Waals surface area contributed by atoms with Crippen LogP contribution in [-0.4, -0.2) is 29.3 Å². The van der Waals surface area contributed by atoms with E-state index in [2.05, 4.69) is 0 Å². The molecule has 2 unspecified atom stereocenters. The number of aliphatic hydroxyl groups is 1. The van der Waals surface area contributed by atoms with Gasteiger partial charge in [-0.3, -0.25) is 4.79 Å². The van der Waals surface area contributed by atoms with E-state index in [4.69, 9.17) is 10.5 Å². The van der Waals surface area contributed by atoms with Crippen molar-refractivity contribution in [1.29, 1.82) is 0 Å².